The number of hydrogen-bond acceptors (Lipinski definition) is 5. The maximum atomic E-state index is 12.2. The van der Waals surface area contributed by atoms with Gasteiger partial charge in [-0.2, -0.15) is 0 Å². The minimum Gasteiger partial charge on any atom is -0.507 e. The molecule has 2 aromatic heterocycles. The van der Waals surface area contributed by atoms with E-state index in [1.54, 1.807) is 30.3 Å². The molecule has 23 heavy (non-hydrogen) atoms. The van der Waals surface area contributed by atoms with Gasteiger partial charge in [0, 0.05) is 23.1 Å². The molecule has 1 aliphatic heterocycles. The third-order valence-electron chi connectivity index (χ3n) is 3.94. The van der Waals surface area contributed by atoms with Gasteiger partial charge in [-0.25, -0.2) is 0 Å². The van der Waals surface area contributed by atoms with Gasteiger partial charge in [0.15, 0.2) is 5.65 Å². The molecule has 0 saturated carbocycles. The number of aromatic amines is 1. The maximum absolute atomic E-state index is 12.2. The first-order valence-corrected chi connectivity index (χ1v) is 7.14. The summed E-state index contributed by atoms with van der Waals surface area (Å²) in [6, 6.07) is 8.41. The van der Waals surface area contributed by atoms with Gasteiger partial charge < -0.3 is 15.4 Å². The van der Waals surface area contributed by atoms with E-state index in [-0.39, 0.29) is 22.9 Å². The van der Waals surface area contributed by atoms with Gasteiger partial charge in [-0.05, 0) is 24.6 Å². The van der Waals surface area contributed by atoms with Crippen molar-refractivity contribution in [3.8, 4) is 17.0 Å². The van der Waals surface area contributed by atoms with Crippen LogP contribution in [0.3, 0.4) is 0 Å². The Balaban J connectivity index is 2.04. The van der Waals surface area contributed by atoms with E-state index >= 15 is 0 Å². The van der Waals surface area contributed by atoms with Crippen molar-refractivity contribution in [1.29, 1.82) is 0 Å². The summed E-state index contributed by atoms with van der Waals surface area (Å²) in [7, 11) is 0. The van der Waals surface area contributed by atoms with Crippen molar-refractivity contribution >= 4 is 16.9 Å². The van der Waals surface area contributed by atoms with Crippen LogP contribution < -0.4 is 10.9 Å². The number of aromatic hydroxyl groups is 1. The fourth-order valence-electron chi connectivity index (χ4n) is 2.84. The zero-order valence-corrected chi connectivity index (χ0v) is 12.0. The summed E-state index contributed by atoms with van der Waals surface area (Å²) in [6.45, 7) is 0.436. The van der Waals surface area contributed by atoms with Crippen LogP contribution in [0.1, 0.15) is 15.9 Å². The normalized spacial score (nSPS) is 13.7. The Hall–Kier alpha value is -3.22. The number of benzene rings is 1. The van der Waals surface area contributed by atoms with Crippen LogP contribution in [-0.2, 0) is 6.42 Å². The molecule has 1 amide bonds. The van der Waals surface area contributed by atoms with E-state index in [0.29, 0.717) is 40.7 Å². The first-order valence-electron chi connectivity index (χ1n) is 7.14. The van der Waals surface area contributed by atoms with Crippen molar-refractivity contribution in [2.45, 2.75) is 6.42 Å². The molecule has 3 aromatic rings. The predicted octanol–water partition coefficient (Wildman–Crippen LogP) is 0.977. The lowest BCUT2D eigenvalue weighted by Gasteiger charge is -2.17. The molecule has 7 nitrogen and oxygen atoms in total. The topological polar surface area (TPSA) is 108 Å². The number of carbonyl (C=O) groups is 1. The number of phenols is 1. The Morgan fingerprint density at radius 3 is 2.78 bits per heavy atom. The molecule has 0 bridgehead atoms. The molecule has 0 saturated heterocycles. The Bertz CT molecular complexity index is 1010. The van der Waals surface area contributed by atoms with Crippen molar-refractivity contribution in [2.75, 3.05) is 6.54 Å². The van der Waals surface area contributed by atoms with Crippen molar-refractivity contribution in [3.63, 3.8) is 0 Å². The lowest BCUT2D eigenvalue weighted by atomic mass is 9.98. The van der Waals surface area contributed by atoms with Crippen molar-refractivity contribution in [3.05, 3.63) is 51.8 Å². The van der Waals surface area contributed by atoms with E-state index in [2.05, 4.69) is 20.5 Å². The van der Waals surface area contributed by atoms with E-state index in [1.165, 1.54) is 0 Å². The number of H-pyrrole nitrogens is 1. The monoisotopic (exact) mass is 308 g/mol. The third kappa shape index (κ3) is 2.05. The molecule has 1 aliphatic rings. The molecule has 3 N–H and O–H groups in total. The number of nitrogens with one attached hydrogen (secondary N) is 2. The average Bonchev–Trinajstić information content (AvgIpc) is 2.55. The van der Waals surface area contributed by atoms with E-state index in [9.17, 15) is 14.7 Å². The molecule has 1 aromatic carbocycles. The Morgan fingerprint density at radius 1 is 1.13 bits per heavy atom. The third-order valence-corrected chi connectivity index (χ3v) is 3.94. The number of carbonyl (C=O) groups excluding carboxylic acids is 1. The Morgan fingerprint density at radius 2 is 1.96 bits per heavy atom. The second-order valence-electron chi connectivity index (χ2n) is 5.32. The molecular weight excluding hydrogens is 296 g/mol. The fourth-order valence-corrected chi connectivity index (χ4v) is 2.84. The van der Waals surface area contributed by atoms with Gasteiger partial charge >= 0.3 is 0 Å². The van der Waals surface area contributed by atoms with Gasteiger partial charge in [0.05, 0.1) is 11.3 Å². The molecular formula is C16H12N4O3. The molecule has 3 heterocycles. The number of rotatable bonds is 1. The Kier molecular flexibility index (Phi) is 2.87. The summed E-state index contributed by atoms with van der Waals surface area (Å²) in [5.41, 5.74) is 1.68. The average molecular weight is 308 g/mol. The molecule has 0 fully saturated rings. The summed E-state index contributed by atoms with van der Waals surface area (Å²) < 4.78 is 0. The lowest BCUT2D eigenvalue weighted by Crippen LogP contribution is -2.36. The zero-order chi connectivity index (χ0) is 16.0. The van der Waals surface area contributed by atoms with Crippen molar-refractivity contribution in [1.82, 2.24) is 20.5 Å². The van der Waals surface area contributed by atoms with Gasteiger partial charge in [0.25, 0.3) is 11.5 Å². The second kappa shape index (κ2) is 4.91. The summed E-state index contributed by atoms with van der Waals surface area (Å²) in [5.74, 6) is -0.220. The first kappa shape index (κ1) is 13.4. The summed E-state index contributed by atoms with van der Waals surface area (Å²) in [6.07, 6.45) is 0.473. The summed E-state index contributed by atoms with van der Waals surface area (Å²) >= 11 is 0. The van der Waals surface area contributed by atoms with Gasteiger partial charge in [0.2, 0.25) is 0 Å². The zero-order valence-electron chi connectivity index (χ0n) is 12.0. The highest BCUT2D eigenvalue weighted by Crippen LogP contribution is 2.29. The number of phenolic OH excluding ortho intramolecular Hbond substituents is 1. The van der Waals surface area contributed by atoms with Gasteiger partial charge in [-0.3, -0.25) is 9.59 Å². The highest BCUT2D eigenvalue weighted by Gasteiger charge is 2.24. The molecule has 0 spiro atoms. The molecule has 0 unspecified atom stereocenters. The van der Waals surface area contributed by atoms with Crippen LogP contribution in [0.25, 0.3) is 22.3 Å². The van der Waals surface area contributed by atoms with Gasteiger partial charge in [-0.15, -0.1) is 10.2 Å². The van der Waals surface area contributed by atoms with E-state index in [1.807, 2.05) is 0 Å². The van der Waals surface area contributed by atoms with E-state index < -0.39 is 0 Å². The Labute approximate surface area is 130 Å². The number of aromatic nitrogens is 3. The van der Waals surface area contributed by atoms with Crippen LogP contribution >= 0.6 is 0 Å². The van der Waals surface area contributed by atoms with Crippen LogP contribution in [0.15, 0.2) is 35.1 Å². The first-order chi connectivity index (χ1) is 11.1. The van der Waals surface area contributed by atoms with E-state index in [0.717, 1.165) is 0 Å². The van der Waals surface area contributed by atoms with Crippen molar-refractivity contribution in [2.24, 2.45) is 0 Å². The lowest BCUT2D eigenvalue weighted by molar-refractivity contribution is 0.0947. The summed E-state index contributed by atoms with van der Waals surface area (Å²) in [4.78, 5) is 27.0. The van der Waals surface area contributed by atoms with Crippen LogP contribution in [0, 0.1) is 0 Å². The number of nitrogens with zero attached hydrogens (tertiary/aromatic N) is 2. The smallest absolute Gasteiger partial charge is 0.253 e. The fraction of sp³-hybridized carbons (Fsp3) is 0.125. The van der Waals surface area contributed by atoms with E-state index in [4.69, 9.17) is 0 Å². The summed E-state index contributed by atoms with van der Waals surface area (Å²) in [5, 5.41) is 21.3. The van der Waals surface area contributed by atoms with Crippen molar-refractivity contribution < 1.29 is 9.90 Å². The highest BCUT2D eigenvalue weighted by atomic mass is 16.3. The van der Waals surface area contributed by atoms with Crippen LogP contribution in [-0.4, -0.2) is 32.7 Å². The van der Waals surface area contributed by atoms with Crippen LogP contribution in [0.5, 0.6) is 5.75 Å². The molecule has 0 aliphatic carbocycles. The maximum Gasteiger partial charge on any atom is 0.253 e. The quantitative estimate of drug-likeness (QED) is 0.621. The largest absolute Gasteiger partial charge is 0.507 e. The minimum atomic E-state index is -0.313. The second-order valence-corrected chi connectivity index (χ2v) is 5.32. The molecule has 4 rings (SSSR count). The number of pyridine rings is 1. The number of fused-ring (bicyclic) bond motifs is 3. The molecule has 114 valence electrons. The van der Waals surface area contributed by atoms with Crippen LogP contribution in [0.4, 0.5) is 0 Å². The number of hydrogen-bond donors (Lipinski definition) is 3. The standard InChI is InChI=1S/C16H12N4O3/c21-12-4-2-1-3-8(12)11-7-10-13-9(5-6-17-16(13)23)15(22)18-14(10)20-19-11/h1-4,7,21H,5-6H2,(H,17,23)(H,18,20,22). The van der Waals surface area contributed by atoms with Gasteiger partial charge in [-0.1, -0.05) is 12.1 Å². The van der Waals surface area contributed by atoms with Gasteiger partial charge in [0.1, 0.15) is 5.75 Å². The molecule has 0 atom stereocenters. The highest BCUT2D eigenvalue weighted by molar-refractivity contribution is 6.07. The predicted molar refractivity (Wildman–Crippen MR) is 83.3 cm³/mol. The molecule has 0 radical (unpaired) electrons. The van der Waals surface area contributed by atoms with Crippen LogP contribution in [0.2, 0.25) is 0 Å². The number of amides is 1. The minimum absolute atomic E-state index is 0.0730. The number of para-hydroxylation sites is 1. The SMILES string of the molecule is O=C1NCCc2c1c1cc(-c3ccccc3O)nnc1[nH]c2=O. The molecule has 7 heteroatoms.